The average Bonchev–Trinajstić information content (AvgIpc) is 2.74. The van der Waals surface area contributed by atoms with Crippen molar-refractivity contribution in [3.05, 3.63) is 28.2 Å². The van der Waals surface area contributed by atoms with Crippen LogP contribution in [0.1, 0.15) is 42.9 Å². The van der Waals surface area contributed by atoms with E-state index in [1.807, 2.05) is 0 Å². The first-order valence-electron chi connectivity index (χ1n) is 6.06. The van der Waals surface area contributed by atoms with E-state index in [1.54, 1.807) is 11.3 Å². The van der Waals surface area contributed by atoms with Crippen LogP contribution in [0, 0.1) is 12.8 Å². The summed E-state index contributed by atoms with van der Waals surface area (Å²) in [4.78, 5) is 4.52. The van der Waals surface area contributed by atoms with Crippen molar-refractivity contribution in [3.63, 3.8) is 0 Å². The van der Waals surface area contributed by atoms with Crippen LogP contribution in [-0.2, 0) is 0 Å². The molecule has 0 bridgehead atoms. The molecule has 1 aliphatic rings. The van der Waals surface area contributed by atoms with Crippen LogP contribution >= 0.6 is 11.3 Å². The molecule has 1 N–H and O–H groups in total. The van der Waals surface area contributed by atoms with E-state index >= 15 is 0 Å². The summed E-state index contributed by atoms with van der Waals surface area (Å²) >= 11 is 1.76. The molecule has 0 aliphatic heterocycles. The van der Waals surface area contributed by atoms with Gasteiger partial charge < -0.3 is 5.32 Å². The van der Waals surface area contributed by atoms with Crippen LogP contribution < -0.4 is 5.32 Å². The summed E-state index contributed by atoms with van der Waals surface area (Å²) in [6, 6.07) is 0.393. The van der Waals surface area contributed by atoms with Gasteiger partial charge in [-0.25, -0.2) is 4.98 Å². The largest absolute Gasteiger partial charge is 0.308 e. The maximum Gasteiger partial charge on any atom is 0.110 e. The van der Waals surface area contributed by atoms with Gasteiger partial charge in [-0.05, 0) is 45.6 Å². The number of aryl methyl sites for hydroxylation is 1. The molecule has 0 amide bonds. The molecule has 1 aromatic heterocycles. The minimum atomic E-state index is 0.393. The van der Waals surface area contributed by atoms with Gasteiger partial charge in [-0.2, -0.15) is 0 Å². The van der Waals surface area contributed by atoms with Crippen LogP contribution in [0.15, 0.2) is 17.5 Å². The monoisotopic (exact) mass is 236 g/mol. The van der Waals surface area contributed by atoms with Crippen molar-refractivity contribution in [3.8, 4) is 0 Å². The molecule has 88 valence electrons. The first kappa shape index (κ1) is 11.8. The smallest absolute Gasteiger partial charge is 0.110 e. The molecule has 16 heavy (non-hydrogen) atoms. The minimum Gasteiger partial charge on any atom is -0.308 e. The van der Waals surface area contributed by atoms with E-state index in [-0.39, 0.29) is 0 Å². The van der Waals surface area contributed by atoms with Crippen LogP contribution in [0.4, 0.5) is 0 Å². The van der Waals surface area contributed by atoms with Crippen LogP contribution in [0.2, 0.25) is 0 Å². The zero-order valence-electron chi connectivity index (χ0n) is 10.1. The van der Waals surface area contributed by atoms with Gasteiger partial charge in [0.25, 0.3) is 0 Å². The summed E-state index contributed by atoms with van der Waals surface area (Å²) in [5.41, 5.74) is 1.13. The Morgan fingerprint density at radius 1 is 1.56 bits per heavy atom. The molecule has 1 heterocycles. The Morgan fingerprint density at radius 3 is 3.06 bits per heavy atom. The third-order valence-electron chi connectivity index (χ3n) is 3.10. The number of nitrogens with zero attached hydrogens (tertiary/aromatic N) is 1. The van der Waals surface area contributed by atoms with E-state index in [2.05, 4.69) is 41.7 Å². The second-order valence-electron chi connectivity index (χ2n) is 4.61. The highest BCUT2D eigenvalue weighted by atomic mass is 32.1. The number of hydrogen-bond acceptors (Lipinski definition) is 3. The Morgan fingerprint density at radius 2 is 2.44 bits per heavy atom. The number of hydrogen-bond donors (Lipinski definition) is 1. The summed E-state index contributed by atoms with van der Waals surface area (Å²) in [5.74, 6) is 0.813. The van der Waals surface area contributed by atoms with Crippen LogP contribution in [0.3, 0.4) is 0 Å². The lowest BCUT2D eigenvalue weighted by molar-refractivity contribution is 0.415. The predicted molar refractivity (Wildman–Crippen MR) is 69.7 cm³/mol. The van der Waals surface area contributed by atoms with Gasteiger partial charge in [-0.3, -0.25) is 0 Å². The molecule has 1 aromatic rings. The number of rotatable bonds is 4. The second-order valence-corrected chi connectivity index (χ2v) is 5.50. The Labute approximate surface area is 102 Å². The molecule has 0 saturated heterocycles. The van der Waals surface area contributed by atoms with Crippen molar-refractivity contribution in [2.75, 3.05) is 6.54 Å². The van der Waals surface area contributed by atoms with Crippen molar-refractivity contribution in [1.82, 2.24) is 10.3 Å². The van der Waals surface area contributed by atoms with Gasteiger partial charge in [0.1, 0.15) is 5.01 Å². The second kappa shape index (κ2) is 5.60. The quantitative estimate of drug-likeness (QED) is 0.810. The van der Waals surface area contributed by atoms with E-state index in [9.17, 15) is 0 Å². The van der Waals surface area contributed by atoms with E-state index in [0.29, 0.717) is 6.04 Å². The van der Waals surface area contributed by atoms with Gasteiger partial charge in [0.15, 0.2) is 0 Å². The maximum atomic E-state index is 4.52. The van der Waals surface area contributed by atoms with Crippen LogP contribution in [-0.4, -0.2) is 11.5 Å². The summed E-state index contributed by atoms with van der Waals surface area (Å²) in [6.07, 6.45) is 8.42. The van der Waals surface area contributed by atoms with Crippen molar-refractivity contribution in [2.24, 2.45) is 5.92 Å². The van der Waals surface area contributed by atoms with Gasteiger partial charge in [0, 0.05) is 11.1 Å². The molecule has 0 aromatic carbocycles. The Hall–Kier alpha value is -0.670. The molecule has 2 nitrogen and oxygen atoms in total. The number of nitrogens with one attached hydrogen (secondary N) is 1. The first-order valence-corrected chi connectivity index (χ1v) is 6.94. The average molecular weight is 236 g/mol. The Balaban J connectivity index is 1.79. The zero-order chi connectivity index (χ0) is 11.4. The lowest BCUT2D eigenvalue weighted by Crippen LogP contribution is -2.26. The molecular formula is C13H20N2S. The summed E-state index contributed by atoms with van der Waals surface area (Å²) in [7, 11) is 0. The number of thiazole rings is 1. The standard InChI is InChI=1S/C13H20N2S/c1-10-9-16-13(15-10)11(2)14-8-12-6-4-3-5-7-12/h3-4,9,11-12,14H,5-8H2,1-2H3. The van der Waals surface area contributed by atoms with Crippen molar-refractivity contribution in [2.45, 2.75) is 39.2 Å². The van der Waals surface area contributed by atoms with Crippen LogP contribution in [0.25, 0.3) is 0 Å². The lowest BCUT2D eigenvalue weighted by atomic mass is 9.94. The summed E-state index contributed by atoms with van der Waals surface area (Å²) < 4.78 is 0. The minimum absolute atomic E-state index is 0.393. The third kappa shape index (κ3) is 3.16. The molecule has 0 spiro atoms. The van der Waals surface area contributed by atoms with E-state index in [0.717, 1.165) is 18.2 Å². The number of allylic oxidation sites excluding steroid dienone is 2. The fraction of sp³-hybridized carbons (Fsp3) is 0.615. The third-order valence-corrected chi connectivity index (χ3v) is 4.24. The van der Waals surface area contributed by atoms with Crippen molar-refractivity contribution >= 4 is 11.3 Å². The molecule has 3 heteroatoms. The molecular weight excluding hydrogens is 216 g/mol. The topological polar surface area (TPSA) is 24.9 Å². The molecule has 2 atom stereocenters. The zero-order valence-corrected chi connectivity index (χ0v) is 10.9. The van der Waals surface area contributed by atoms with Crippen LogP contribution in [0.5, 0.6) is 0 Å². The number of aromatic nitrogens is 1. The van der Waals surface area contributed by atoms with Crippen molar-refractivity contribution in [1.29, 1.82) is 0 Å². The van der Waals surface area contributed by atoms with Gasteiger partial charge in [-0.15, -0.1) is 11.3 Å². The van der Waals surface area contributed by atoms with Gasteiger partial charge in [-0.1, -0.05) is 12.2 Å². The molecule has 0 radical (unpaired) electrons. The van der Waals surface area contributed by atoms with E-state index < -0.39 is 0 Å². The Bertz CT molecular complexity index is 357. The normalized spacial score (nSPS) is 22.2. The maximum absolute atomic E-state index is 4.52. The van der Waals surface area contributed by atoms with Crippen molar-refractivity contribution < 1.29 is 0 Å². The summed E-state index contributed by atoms with van der Waals surface area (Å²) in [5, 5.41) is 6.93. The predicted octanol–water partition coefficient (Wildman–Crippen LogP) is 3.46. The Kier molecular flexibility index (Phi) is 4.13. The molecule has 2 rings (SSSR count). The van der Waals surface area contributed by atoms with Gasteiger partial charge in [0.05, 0.1) is 6.04 Å². The highest BCUT2D eigenvalue weighted by Gasteiger charge is 2.13. The fourth-order valence-electron chi connectivity index (χ4n) is 2.04. The summed E-state index contributed by atoms with van der Waals surface area (Å²) in [6.45, 7) is 5.37. The molecule has 2 unspecified atom stereocenters. The van der Waals surface area contributed by atoms with E-state index in [4.69, 9.17) is 0 Å². The molecule has 0 saturated carbocycles. The highest BCUT2D eigenvalue weighted by Crippen LogP contribution is 2.20. The highest BCUT2D eigenvalue weighted by molar-refractivity contribution is 7.09. The molecule has 1 aliphatic carbocycles. The van der Waals surface area contributed by atoms with Gasteiger partial charge in [0.2, 0.25) is 0 Å². The first-order chi connectivity index (χ1) is 7.75. The van der Waals surface area contributed by atoms with Gasteiger partial charge >= 0.3 is 0 Å². The molecule has 0 fully saturated rings. The lowest BCUT2D eigenvalue weighted by Gasteiger charge is -2.20. The fourth-order valence-corrected chi connectivity index (χ4v) is 2.87. The van der Waals surface area contributed by atoms with E-state index in [1.165, 1.54) is 24.3 Å². The SMILES string of the molecule is Cc1csc(C(C)NCC2CC=CCC2)n1.